The summed E-state index contributed by atoms with van der Waals surface area (Å²) in [5, 5.41) is 11.5. The van der Waals surface area contributed by atoms with Gasteiger partial charge in [0, 0.05) is 36.7 Å². The van der Waals surface area contributed by atoms with Gasteiger partial charge < -0.3 is 21.3 Å². The number of hydrogen-bond donors (Lipinski definition) is 3. The number of nitrogens with two attached hydrogens (primary N) is 1. The fourth-order valence-electron chi connectivity index (χ4n) is 3.74. The van der Waals surface area contributed by atoms with Gasteiger partial charge in [-0.2, -0.15) is 19.6 Å². The summed E-state index contributed by atoms with van der Waals surface area (Å²) < 4.78 is 1.60. The van der Waals surface area contributed by atoms with Crippen LogP contribution < -0.4 is 21.3 Å². The minimum absolute atomic E-state index is 0.00587. The molecule has 4 N–H and O–H groups in total. The van der Waals surface area contributed by atoms with Crippen molar-refractivity contribution in [2.75, 3.05) is 35.6 Å². The fourth-order valence-corrected chi connectivity index (χ4v) is 3.74. The van der Waals surface area contributed by atoms with Gasteiger partial charge in [-0.25, -0.2) is 4.98 Å². The van der Waals surface area contributed by atoms with Crippen molar-refractivity contribution in [1.29, 1.82) is 0 Å². The first kappa shape index (κ1) is 18.1. The molecule has 0 saturated carbocycles. The quantitative estimate of drug-likeness (QED) is 0.463. The molecule has 1 aliphatic rings. The topological polar surface area (TPSA) is 126 Å². The molecule has 10 nitrogen and oxygen atoms in total. The molecule has 1 aromatic carbocycles. The summed E-state index contributed by atoms with van der Waals surface area (Å²) >= 11 is 0. The largest absolute Gasteiger partial charge is 0.368 e. The summed E-state index contributed by atoms with van der Waals surface area (Å²) in [4.78, 5) is 27.4. The number of fused-ring (bicyclic) bond motifs is 2. The Kier molecular flexibility index (Phi) is 4.31. The zero-order valence-electron chi connectivity index (χ0n) is 16.5. The highest BCUT2D eigenvalue weighted by molar-refractivity contribution is 5.87. The van der Waals surface area contributed by atoms with E-state index in [0.717, 1.165) is 27.8 Å². The fraction of sp³-hybridized carbons (Fsp3) is 0.250. The predicted octanol–water partition coefficient (Wildman–Crippen LogP) is 1.11. The van der Waals surface area contributed by atoms with Gasteiger partial charge in [0.1, 0.15) is 5.82 Å². The molecule has 0 aliphatic carbocycles. The third-order valence-corrected chi connectivity index (χ3v) is 5.15. The van der Waals surface area contributed by atoms with Crippen LogP contribution in [0, 0.1) is 6.92 Å². The Labute approximate surface area is 172 Å². The number of aryl methyl sites for hydroxylation is 1. The minimum atomic E-state index is -0.00587. The maximum atomic E-state index is 12.0. The van der Waals surface area contributed by atoms with Crippen LogP contribution in [0.5, 0.6) is 0 Å². The number of para-hydroxylation sites is 1. The highest BCUT2D eigenvalue weighted by Gasteiger charge is 2.21. The molecule has 3 aromatic heterocycles. The molecule has 1 saturated heterocycles. The second kappa shape index (κ2) is 7.14. The second-order valence-corrected chi connectivity index (χ2v) is 7.25. The third kappa shape index (κ3) is 3.21. The van der Waals surface area contributed by atoms with Crippen LogP contribution in [0.4, 0.5) is 17.7 Å². The van der Waals surface area contributed by atoms with Gasteiger partial charge in [0.25, 0.3) is 0 Å². The smallest absolute Gasteiger partial charge is 0.239 e. The Morgan fingerprint density at radius 2 is 2.13 bits per heavy atom. The number of nitrogens with zero attached hydrogens (tertiary/aromatic N) is 6. The Morgan fingerprint density at radius 1 is 1.23 bits per heavy atom. The average Bonchev–Trinajstić information content (AvgIpc) is 3.20. The van der Waals surface area contributed by atoms with E-state index in [-0.39, 0.29) is 18.4 Å². The van der Waals surface area contributed by atoms with Crippen LogP contribution in [0.15, 0.2) is 36.5 Å². The lowest BCUT2D eigenvalue weighted by Gasteiger charge is -2.29. The van der Waals surface area contributed by atoms with Gasteiger partial charge in [-0.3, -0.25) is 4.79 Å². The molecule has 0 radical (unpaired) electrons. The van der Waals surface area contributed by atoms with Crippen LogP contribution in [0.25, 0.3) is 16.6 Å². The van der Waals surface area contributed by atoms with Gasteiger partial charge in [0.05, 0.1) is 18.3 Å². The summed E-state index contributed by atoms with van der Waals surface area (Å²) in [5.74, 6) is 1.45. The van der Waals surface area contributed by atoms with E-state index in [1.165, 1.54) is 0 Å². The highest BCUT2D eigenvalue weighted by atomic mass is 16.2. The van der Waals surface area contributed by atoms with Crippen LogP contribution in [-0.4, -0.2) is 50.1 Å². The predicted molar refractivity (Wildman–Crippen MR) is 114 cm³/mol. The number of nitrogens with one attached hydrogen (secondary N) is 2. The molecule has 30 heavy (non-hydrogen) atoms. The number of carbonyl (C=O) groups is 1. The van der Waals surface area contributed by atoms with Crippen LogP contribution >= 0.6 is 0 Å². The monoisotopic (exact) mass is 403 g/mol. The maximum Gasteiger partial charge on any atom is 0.239 e. The number of hydrogen-bond acceptors (Lipinski definition) is 8. The van der Waals surface area contributed by atoms with E-state index in [1.54, 1.807) is 16.8 Å². The first-order valence-electron chi connectivity index (χ1n) is 9.70. The average molecular weight is 403 g/mol. The summed E-state index contributed by atoms with van der Waals surface area (Å²) in [6.45, 7) is 4.05. The van der Waals surface area contributed by atoms with Gasteiger partial charge in [0.15, 0.2) is 5.65 Å². The number of rotatable bonds is 4. The van der Waals surface area contributed by atoms with Crippen LogP contribution in [0.1, 0.15) is 11.1 Å². The summed E-state index contributed by atoms with van der Waals surface area (Å²) in [6.07, 6.45) is 1.65. The van der Waals surface area contributed by atoms with E-state index in [9.17, 15) is 4.79 Å². The number of piperazine rings is 1. The number of amides is 1. The minimum Gasteiger partial charge on any atom is -0.368 e. The summed E-state index contributed by atoms with van der Waals surface area (Å²) in [6, 6.07) is 9.97. The van der Waals surface area contributed by atoms with Crippen LogP contribution in [0.3, 0.4) is 0 Å². The molecule has 1 aliphatic heterocycles. The lowest BCUT2D eigenvalue weighted by atomic mass is 10.1. The molecule has 0 bridgehead atoms. The Morgan fingerprint density at radius 3 is 3.00 bits per heavy atom. The molecule has 0 unspecified atom stereocenters. The van der Waals surface area contributed by atoms with Crippen molar-refractivity contribution in [2.24, 2.45) is 0 Å². The van der Waals surface area contributed by atoms with Crippen LogP contribution in [0.2, 0.25) is 0 Å². The SMILES string of the molecule is Cc1cccc2cc(CNc3nc(N)nc4ccnn34)c(N3CCNC(=O)C3)nc12. The second-order valence-electron chi connectivity index (χ2n) is 7.25. The molecule has 4 aromatic rings. The molecule has 5 rings (SSSR count). The van der Waals surface area contributed by atoms with Gasteiger partial charge >= 0.3 is 0 Å². The van der Waals surface area contributed by atoms with E-state index in [4.69, 9.17) is 10.7 Å². The zero-order chi connectivity index (χ0) is 20.7. The van der Waals surface area contributed by atoms with E-state index in [2.05, 4.69) is 31.8 Å². The molecule has 1 amide bonds. The maximum absolute atomic E-state index is 12.0. The summed E-state index contributed by atoms with van der Waals surface area (Å²) in [7, 11) is 0. The number of carbonyl (C=O) groups excluding carboxylic acids is 1. The molecule has 0 atom stereocenters. The Balaban J connectivity index is 1.55. The number of benzene rings is 1. The molecule has 0 spiro atoms. The first-order valence-corrected chi connectivity index (χ1v) is 9.70. The molecule has 4 heterocycles. The van der Waals surface area contributed by atoms with E-state index in [0.29, 0.717) is 31.2 Å². The van der Waals surface area contributed by atoms with Gasteiger partial charge in [-0.05, 0) is 18.6 Å². The van der Waals surface area contributed by atoms with Crippen molar-refractivity contribution >= 4 is 40.2 Å². The van der Waals surface area contributed by atoms with E-state index >= 15 is 0 Å². The van der Waals surface area contributed by atoms with E-state index in [1.807, 2.05) is 30.0 Å². The van der Waals surface area contributed by atoms with Crippen molar-refractivity contribution in [3.8, 4) is 0 Å². The number of nitrogen functional groups attached to an aromatic ring is 1. The molecule has 10 heteroatoms. The summed E-state index contributed by atoms with van der Waals surface area (Å²) in [5.41, 5.74) is 9.44. The zero-order valence-corrected chi connectivity index (χ0v) is 16.5. The van der Waals surface area contributed by atoms with Crippen molar-refractivity contribution in [2.45, 2.75) is 13.5 Å². The molecule has 1 fully saturated rings. The van der Waals surface area contributed by atoms with Gasteiger partial charge in [-0.15, -0.1) is 0 Å². The Bertz CT molecular complexity index is 1270. The number of pyridine rings is 1. The number of anilines is 3. The highest BCUT2D eigenvalue weighted by Crippen LogP contribution is 2.27. The molecular formula is C20H21N9O. The van der Waals surface area contributed by atoms with Crippen LogP contribution in [-0.2, 0) is 11.3 Å². The standard InChI is InChI=1S/C20H21N9O/c1-12-3-2-4-13-9-14(18(26-17(12)13)28-8-7-22-16(30)11-28)10-23-20-27-19(21)25-15-5-6-24-29(15)20/h2-6,9H,7-8,10-11H2,1H3,(H,22,30)(H3,21,23,25,27). The lowest BCUT2D eigenvalue weighted by Crippen LogP contribution is -2.48. The van der Waals surface area contributed by atoms with Gasteiger partial charge in [0.2, 0.25) is 17.8 Å². The van der Waals surface area contributed by atoms with Crippen molar-refractivity contribution in [3.05, 3.63) is 47.7 Å². The number of aromatic nitrogens is 5. The van der Waals surface area contributed by atoms with E-state index < -0.39 is 0 Å². The van der Waals surface area contributed by atoms with Crippen molar-refractivity contribution in [3.63, 3.8) is 0 Å². The van der Waals surface area contributed by atoms with Crippen molar-refractivity contribution in [1.82, 2.24) is 29.9 Å². The lowest BCUT2D eigenvalue weighted by molar-refractivity contribution is -0.120. The normalized spacial score (nSPS) is 14.3. The third-order valence-electron chi connectivity index (χ3n) is 5.15. The first-order chi connectivity index (χ1) is 14.6. The molecular weight excluding hydrogens is 382 g/mol. The molecule has 152 valence electrons. The van der Waals surface area contributed by atoms with Crippen molar-refractivity contribution < 1.29 is 4.79 Å². The van der Waals surface area contributed by atoms with Gasteiger partial charge in [-0.1, -0.05) is 18.2 Å². The Hall–Kier alpha value is -3.95.